The fraction of sp³-hybridized carbons (Fsp3) is 0.545. The Bertz CT molecular complexity index is 695. The second-order valence-electron chi connectivity index (χ2n) is 8.00. The van der Waals surface area contributed by atoms with Crippen LogP contribution in [0.5, 0.6) is 0 Å². The van der Waals surface area contributed by atoms with Crippen molar-refractivity contribution in [1.82, 2.24) is 15.1 Å². The van der Waals surface area contributed by atoms with Crippen molar-refractivity contribution in [2.45, 2.75) is 50.6 Å². The first-order valence-electron chi connectivity index (χ1n) is 10.3. The largest absolute Gasteiger partial charge is 0.349 e. The summed E-state index contributed by atoms with van der Waals surface area (Å²) in [6.45, 7) is 3.63. The van der Waals surface area contributed by atoms with Gasteiger partial charge in [-0.3, -0.25) is 14.5 Å². The zero-order valence-corrected chi connectivity index (χ0v) is 15.9. The van der Waals surface area contributed by atoms with Gasteiger partial charge in [0.25, 0.3) is 5.91 Å². The Morgan fingerprint density at radius 3 is 2.22 bits per heavy atom. The molecule has 0 radical (unpaired) electrons. The van der Waals surface area contributed by atoms with Crippen LogP contribution in [0.2, 0.25) is 0 Å². The summed E-state index contributed by atoms with van der Waals surface area (Å²) < 4.78 is 0. The molecule has 0 unspecified atom stereocenters. The molecule has 1 N–H and O–H groups in total. The molecular weight excluding hydrogens is 338 g/mol. The maximum atomic E-state index is 12.5. The molecule has 144 valence electrons. The molecule has 0 atom stereocenters. The molecule has 5 heteroatoms. The maximum Gasteiger partial charge on any atom is 0.251 e. The maximum absolute atomic E-state index is 12.5. The van der Waals surface area contributed by atoms with Crippen LogP contribution in [-0.4, -0.2) is 59.9 Å². The molecule has 2 saturated carbocycles. The lowest BCUT2D eigenvalue weighted by molar-refractivity contribution is -0.127. The lowest BCUT2D eigenvalue weighted by Gasteiger charge is -2.37. The average Bonchev–Trinajstić information content (AvgIpc) is 3.35. The number of carbonyl (C=O) groups is 2. The second kappa shape index (κ2) is 8.26. The zero-order valence-electron chi connectivity index (χ0n) is 15.9. The van der Waals surface area contributed by atoms with Crippen molar-refractivity contribution in [3.63, 3.8) is 0 Å². The van der Waals surface area contributed by atoms with Crippen LogP contribution in [-0.2, 0) is 4.79 Å². The first-order chi connectivity index (χ1) is 13.2. The number of hydrogen-bond donors (Lipinski definition) is 1. The van der Waals surface area contributed by atoms with Gasteiger partial charge in [-0.25, -0.2) is 0 Å². The number of carbonyl (C=O) groups excluding carboxylic acids is 2. The summed E-state index contributed by atoms with van der Waals surface area (Å²) >= 11 is 0. The highest BCUT2D eigenvalue weighted by Crippen LogP contribution is 2.24. The topological polar surface area (TPSA) is 52.7 Å². The van der Waals surface area contributed by atoms with E-state index in [1.54, 1.807) is 6.08 Å². The Hall–Kier alpha value is -2.14. The number of amides is 2. The second-order valence-corrected chi connectivity index (χ2v) is 8.00. The van der Waals surface area contributed by atoms with Crippen LogP contribution in [0.15, 0.2) is 30.3 Å². The smallest absolute Gasteiger partial charge is 0.251 e. The molecular formula is C22H29N3O2. The molecule has 2 amide bonds. The Morgan fingerprint density at radius 1 is 0.926 bits per heavy atom. The summed E-state index contributed by atoms with van der Waals surface area (Å²) in [5.41, 5.74) is 1.62. The summed E-state index contributed by atoms with van der Waals surface area (Å²) in [4.78, 5) is 29.0. The predicted octanol–water partition coefficient (Wildman–Crippen LogP) is 2.68. The highest BCUT2D eigenvalue weighted by atomic mass is 16.2. The number of nitrogens with zero attached hydrogens (tertiary/aromatic N) is 2. The van der Waals surface area contributed by atoms with Gasteiger partial charge in [0.05, 0.1) is 0 Å². The van der Waals surface area contributed by atoms with Crippen molar-refractivity contribution in [2.24, 2.45) is 0 Å². The van der Waals surface area contributed by atoms with Gasteiger partial charge in [0.15, 0.2) is 0 Å². The van der Waals surface area contributed by atoms with E-state index in [9.17, 15) is 9.59 Å². The van der Waals surface area contributed by atoms with Crippen molar-refractivity contribution in [3.8, 4) is 0 Å². The monoisotopic (exact) mass is 367 g/mol. The highest BCUT2D eigenvalue weighted by molar-refractivity contribution is 5.95. The molecule has 1 saturated heterocycles. The molecule has 1 aliphatic heterocycles. The Labute approximate surface area is 161 Å². The normalized spacial score (nSPS) is 21.7. The van der Waals surface area contributed by atoms with E-state index in [0.717, 1.165) is 50.6 Å². The molecule has 4 rings (SSSR count). The molecule has 5 nitrogen and oxygen atoms in total. The molecule has 27 heavy (non-hydrogen) atoms. The third kappa shape index (κ3) is 4.78. The van der Waals surface area contributed by atoms with E-state index in [1.807, 2.05) is 35.2 Å². The van der Waals surface area contributed by atoms with Gasteiger partial charge < -0.3 is 10.2 Å². The summed E-state index contributed by atoms with van der Waals surface area (Å²) in [7, 11) is 0. The van der Waals surface area contributed by atoms with Crippen LogP contribution < -0.4 is 5.32 Å². The minimum Gasteiger partial charge on any atom is -0.349 e. The SMILES string of the molecule is O=C(NC1CC1)c1ccc(/C=C/C(=O)N2CCN(C3CCCC3)CC2)cc1. The summed E-state index contributed by atoms with van der Waals surface area (Å²) in [5.74, 6) is 0.0702. The van der Waals surface area contributed by atoms with Crippen LogP contribution in [0.25, 0.3) is 6.08 Å². The van der Waals surface area contributed by atoms with E-state index in [2.05, 4.69) is 10.2 Å². The lowest BCUT2D eigenvalue weighted by atomic mass is 10.1. The predicted molar refractivity (Wildman–Crippen MR) is 106 cm³/mol. The number of benzene rings is 1. The van der Waals surface area contributed by atoms with E-state index >= 15 is 0 Å². The fourth-order valence-corrected chi connectivity index (χ4v) is 4.09. The molecule has 0 bridgehead atoms. The molecule has 0 aromatic heterocycles. The van der Waals surface area contributed by atoms with Crippen LogP contribution in [0, 0.1) is 0 Å². The highest BCUT2D eigenvalue weighted by Gasteiger charge is 2.27. The summed E-state index contributed by atoms with van der Waals surface area (Å²) in [5, 5.41) is 2.98. The molecule has 3 aliphatic rings. The van der Waals surface area contributed by atoms with Gasteiger partial charge in [0, 0.05) is 49.9 Å². The Morgan fingerprint density at radius 2 is 1.59 bits per heavy atom. The van der Waals surface area contributed by atoms with Gasteiger partial charge in [-0.1, -0.05) is 25.0 Å². The standard InChI is InChI=1S/C22H29N3O2/c26-21(25-15-13-24(14-16-25)20-3-1-2-4-20)12-7-17-5-8-18(9-6-17)22(27)23-19-10-11-19/h5-9,12,19-20H,1-4,10-11,13-16H2,(H,23,27)/b12-7+. The van der Waals surface area contributed by atoms with Crippen molar-refractivity contribution >= 4 is 17.9 Å². The first-order valence-corrected chi connectivity index (χ1v) is 10.3. The van der Waals surface area contributed by atoms with E-state index in [-0.39, 0.29) is 11.8 Å². The quantitative estimate of drug-likeness (QED) is 0.814. The zero-order chi connectivity index (χ0) is 18.6. The van der Waals surface area contributed by atoms with Gasteiger partial charge in [-0.15, -0.1) is 0 Å². The Kier molecular flexibility index (Phi) is 5.58. The lowest BCUT2D eigenvalue weighted by Crippen LogP contribution is -2.51. The minimum atomic E-state index is -0.00996. The van der Waals surface area contributed by atoms with Gasteiger partial charge in [0.2, 0.25) is 5.91 Å². The molecule has 1 aromatic rings. The Balaban J connectivity index is 1.26. The summed E-state index contributed by atoms with van der Waals surface area (Å²) in [6.07, 6.45) is 11.0. The van der Waals surface area contributed by atoms with Crippen LogP contribution in [0.4, 0.5) is 0 Å². The molecule has 0 spiro atoms. The van der Waals surface area contributed by atoms with Crippen molar-refractivity contribution < 1.29 is 9.59 Å². The number of hydrogen-bond acceptors (Lipinski definition) is 3. The fourth-order valence-electron chi connectivity index (χ4n) is 4.09. The van der Waals surface area contributed by atoms with Crippen molar-refractivity contribution in [1.29, 1.82) is 0 Å². The average molecular weight is 367 g/mol. The van der Waals surface area contributed by atoms with Gasteiger partial charge >= 0.3 is 0 Å². The van der Waals surface area contributed by atoms with Crippen LogP contribution >= 0.6 is 0 Å². The third-order valence-electron chi connectivity index (χ3n) is 5.97. The summed E-state index contributed by atoms with van der Waals surface area (Å²) in [6, 6.07) is 8.54. The van der Waals surface area contributed by atoms with Crippen LogP contribution in [0.3, 0.4) is 0 Å². The van der Waals surface area contributed by atoms with Gasteiger partial charge in [-0.2, -0.15) is 0 Å². The van der Waals surface area contributed by atoms with Gasteiger partial charge in [0.1, 0.15) is 0 Å². The molecule has 1 aromatic carbocycles. The first kappa shape index (κ1) is 18.2. The van der Waals surface area contributed by atoms with Gasteiger partial charge in [-0.05, 0) is 49.5 Å². The minimum absolute atomic E-state index is 0.00996. The number of piperazine rings is 1. The molecule has 3 fully saturated rings. The number of nitrogens with one attached hydrogen (secondary N) is 1. The van der Waals surface area contributed by atoms with E-state index in [0.29, 0.717) is 11.6 Å². The van der Waals surface area contributed by atoms with E-state index in [4.69, 9.17) is 0 Å². The van der Waals surface area contributed by atoms with E-state index < -0.39 is 0 Å². The van der Waals surface area contributed by atoms with Crippen molar-refractivity contribution in [2.75, 3.05) is 26.2 Å². The van der Waals surface area contributed by atoms with E-state index in [1.165, 1.54) is 25.7 Å². The molecule has 2 aliphatic carbocycles. The van der Waals surface area contributed by atoms with Crippen molar-refractivity contribution in [3.05, 3.63) is 41.5 Å². The van der Waals surface area contributed by atoms with Crippen LogP contribution in [0.1, 0.15) is 54.4 Å². The third-order valence-corrected chi connectivity index (χ3v) is 5.97. The molecule has 1 heterocycles. The number of rotatable bonds is 5.